The van der Waals surface area contributed by atoms with Gasteiger partial charge in [-0.15, -0.1) is 0 Å². The molecule has 1 aliphatic heterocycles. The van der Waals surface area contributed by atoms with E-state index in [0.29, 0.717) is 5.92 Å². The van der Waals surface area contributed by atoms with Crippen LogP contribution in [0, 0.1) is 11.8 Å². The van der Waals surface area contributed by atoms with Gasteiger partial charge in [0.15, 0.2) is 0 Å². The van der Waals surface area contributed by atoms with Gasteiger partial charge in [-0.2, -0.15) is 0 Å². The zero-order chi connectivity index (χ0) is 14.5. The lowest BCUT2D eigenvalue weighted by atomic mass is 9.84. The average molecular weight is 274 g/mol. The molecule has 0 bridgehead atoms. The van der Waals surface area contributed by atoms with Crippen molar-refractivity contribution < 1.29 is 0 Å². The van der Waals surface area contributed by atoms with Crippen molar-refractivity contribution in [1.29, 1.82) is 0 Å². The molecule has 1 aliphatic rings. The van der Waals surface area contributed by atoms with Crippen LogP contribution in [0.4, 0.5) is 0 Å². The number of rotatable bonds is 5. The minimum absolute atomic E-state index is 0.520. The number of piperidine rings is 1. The number of nitrogens with zero attached hydrogens (tertiary/aromatic N) is 2. The van der Waals surface area contributed by atoms with Crippen LogP contribution < -0.4 is 0 Å². The Morgan fingerprint density at radius 3 is 2.55 bits per heavy atom. The molecule has 2 nitrogen and oxygen atoms in total. The second-order valence-electron chi connectivity index (χ2n) is 6.74. The minimum Gasteiger partial charge on any atom is -0.299 e. The molecule has 112 valence electrons. The van der Waals surface area contributed by atoms with Gasteiger partial charge in [0.1, 0.15) is 0 Å². The Kier molecular flexibility index (Phi) is 5.59. The van der Waals surface area contributed by atoms with E-state index in [2.05, 4.69) is 49.7 Å². The summed E-state index contributed by atoms with van der Waals surface area (Å²) in [4.78, 5) is 7.07. The maximum atomic E-state index is 4.46. The van der Waals surface area contributed by atoms with E-state index in [9.17, 15) is 0 Å². The fourth-order valence-electron chi connectivity index (χ4n) is 3.18. The third kappa shape index (κ3) is 4.05. The van der Waals surface area contributed by atoms with Crippen LogP contribution in [0.2, 0.25) is 0 Å². The summed E-state index contributed by atoms with van der Waals surface area (Å²) in [6, 6.07) is 4.46. The molecule has 0 N–H and O–H groups in total. The summed E-state index contributed by atoms with van der Waals surface area (Å²) in [6.45, 7) is 12.8. The van der Waals surface area contributed by atoms with E-state index < -0.39 is 0 Å². The Morgan fingerprint density at radius 1 is 1.25 bits per heavy atom. The average Bonchev–Trinajstić information content (AvgIpc) is 2.47. The molecule has 1 aromatic rings. The Bertz CT molecular complexity index is 406. The summed E-state index contributed by atoms with van der Waals surface area (Å²) < 4.78 is 0. The highest BCUT2D eigenvalue weighted by Crippen LogP contribution is 2.27. The first-order valence-electron chi connectivity index (χ1n) is 8.27. The van der Waals surface area contributed by atoms with Gasteiger partial charge in [-0.1, -0.05) is 34.1 Å². The van der Waals surface area contributed by atoms with Gasteiger partial charge in [-0.05, 0) is 61.4 Å². The van der Waals surface area contributed by atoms with Crippen LogP contribution in [0.5, 0.6) is 0 Å². The fourth-order valence-corrected chi connectivity index (χ4v) is 3.18. The van der Waals surface area contributed by atoms with Gasteiger partial charge in [0.05, 0.1) is 0 Å². The SMILES string of the molecule is CCC(C)C1CCN(Cc2ccnc(C(C)C)c2)CC1. The van der Waals surface area contributed by atoms with Crippen LogP contribution in [-0.2, 0) is 6.54 Å². The molecular formula is C18H30N2. The van der Waals surface area contributed by atoms with E-state index in [4.69, 9.17) is 0 Å². The van der Waals surface area contributed by atoms with Gasteiger partial charge in [0, 0.05) is 18.4 Å². The first-order chi connectivity index (χ1) is 9.60. The molecule has 2 heteroatoms. The lowest BCUT2D eigenvalue weighted by molar-refractivity contribution is 0.145. The van der Waals surface area contributed by atoms with Crippen LogP contribution in [0.25, 0.3) is 0 Å². The molecule has 1 fully saturated rings. The summed E-state index contributed by atoms with van der Waals surface area (Å²) in [6.07, 6.45) is 6.04. The molecule has 2 heterocycles. The Morgan fingerprint density at radius 2 is 1.95 bits per heavy atom. The summed E-state index contributed by atoms with van der Waals surface area (Å²) in [5, 5.41) is 0. The highest BCUT2D eigenvalue weighted by atomic mass is 15.1. The van der Waals surface area contributed by atoms with Gasteiger partial charge in [-0.25, -0.2) is 0 Å². The topological polar surface area (TPSA) is 16.1 Å². The van der Waals surface area contributed by atoms with Crippen molar-refractivity contribution in [2.45, 2.75) is 59.4 Å². The van der Waals surface area contributed by atoms with Gasteiger partial charge < -0.3 is 0 Å². The maximum absolute atomic E-state index is 4.46. The lowest BCUT2D eigenvalue weighted by Gasteiger charge is -2.34. The second-order valence-corrected chi connectivity index (χ2v) is 6.74. The molecule has 0 aromatic carbocycles. The van der Waals surface area contributed by atoms with Gasteiger partial charge in [0.25, 0.3) is 0 Å². The number of aromatic nitrogens is 1. The van der Waals surface area contributed by atoms with E-state index in [-0.39, 0.29) is 0 Å². The first kappa shape index (κ1) is 15.5. The number of pyridine rings is 1. The number of hydrogen-bond acceptors (Lipinski definition) is 2. The zero-order valence-electron chi connectivity index (χ0n) is 13.6. The summed E-state index contributed by atoms with van der Waals surface area (Å²) in [5.41, 5.74) is 2.64. The maximum Gasteiger partial charge on any atom is 0.0432 e. The normalized spacial score (nSPS) is 19.4. The minimum atomic E-state index is 0.520. The summed E-state index contributed by atoms with van der Waals surface area (Å²) >= 11 is 0. The predicted octanol–water partition coefficient (Wildman–Crippen LogP) is 4.46. The Labute approximate surface area is 124 Å². The highest BCUT2D eigenvalue weighted by Gasteiger charge is 2.22. The van der Waals surface area contributed by atoms with Crippen molar-refractivity contribution in [1.82, 2.24) is 9.88 Å². The van der Waals surface area contributed by atoms with Crippen molar-refractivity contribution in [3.8, 4) is 0 Å². The largest absolute Gasteiger partial charge is 0.299 e. The van der Waals surface area contributed by atoms with Crippen LogP contribution in [0.15, 0.2) is 18.3 Å². The summed E-state index contributed by atoms with van der Waals surface area (Å²) in [7, 11) is 0. The molecular weight excluding hydrogens is 244 g/mol. The summed E-state index contributed by atoms with van der Waals surface area (Å²) in [5.74, 6) is 2.36. The monoisotopic (exact) mass is 274 g/mol. The van der Waals surface area contributed by atoms with Crippen LogP contribution in [0.1, 0.15) is 64.1 Å². The van der Waals surface area contributed by atoms with Gasteiger partial charge in [0.2, 0.25) is 0 Å². The fraction of sp³-hybridized carbons (Fsp3) is 0.722. The van der Waals surface area contributed by atoms with E-state index in [1.54, 1.807) is 0 Å². The molecule has 1 unspecified atom stereocenters. The van der Waals surface area contributed by atoms with Crippen LogP contribution >= 0.6 is 0 Å². The van der Waals surface area contributed by atoms with E-state index in [1.807, 2.05) is 6.20 Å². The molecule has 1 saturated heterocycles. The quantitative estimate of drug-likeness (QED) is 0.788. The molecule has 20 heavy (non-hydrogen) atoms. The first-order valence-corrected chi connectivity index (χ1v) is 8.27. The standard InChI is InChI=1S/C18H30N2/c1-5-15(4)17-7-10-20(11-8-17)13-16-6-9-19-18(12-16)14(2)3/h6,9,12,14-15,17H,5,7-8,10-11,13H2,1-4H3. The molecule has 2 rings (SSSR count). The third-order valence-electron chi connectivity index (χ3n) is 4.92. The number of hydrogen-bond donors (Lipinski definition) is 0. The molecule has 1 atom stereocenters. The third-order valence-corrected chi connectivity index (χ3v) is 4.92. The van der Waals surface area contributed by atoms with Gasteiger partial charge >= 0.3 is 0 Å². The van der Waals surface area contributed by atoms with Crippen molar-refractivity contribution in [2.24, 2.45) is 11.8 Å². The Balaban J connectivity index is 1.88. The van der Waals surface area contributed by atoms with Crippen molar-refractivity contribution in [3.63, 3.8) is 0 Å². The Hall–Kier alpha value is -0.890. The van der Waals surface area contributed by atoms with Crippen molar-refractivity contribution in [3.05, 3.63) is 29.6 Å². The highest BCUT2D eigenvalue weighted by molar-refractivity contribution is 5.18. The molecule has 1 aromatic heterocycles. The molecule has 0 saturated carbocycles. The van der Waals surface area contributed by atoms with Gasteiger partial charge in [-0.3, -0.25) is 9.88 Å². The van der Waals surface area contributed by atoms with Crippen molar-refractivity contribution >= 4 is 0 Å². The van der Waals surface area contributed by atoms with E-state index in [1.165, 1.54) is 43.6 Å². The molecule has 0 amide bonds. The second kappa shape index (κ2) is 7.21. The van der Waals surface area contributed by atoms with Crippen molar-refractivity contribution in [2.75, 3.05) is 13.1 Å². The smallest absolute Gasteiger partial charge is 0.0432 e. The van der Waals surface area contributed by atoms with Crippen LogP contribution in [-0.4, -0.2) is 23.0 Å². The molecule has 0 spiro atoms. The van der Waals surface area contributed by atoms with E-state index >= 15 is 0 Å². The molecule has 0 aliphatic carbocycles. The van der Waals surface area contributed by atoms with E-state index in [0.717, 1.165) is 18.4 Å². The predicted molar refractivity (Wildman–Crippen MR) is 85.8 cm³/mol. The molecule has 0 radical (unpaired) electrons. The number of likely N-dealkylation sites (tertiary alicyclic amines) is 1. The zero-order valence-corrected chi connectivity index (χ0v) is 13.6. The lowest BCUT2D eigenvalue weighted by Crippen LogP contribution is -2.35. The van der Waals surface area contributed by atoms with Crippen LogP contribution in [0.3, 0.4) is 0 Å².